The highest BCUT2D eigenvalue weighted by Crippen LogP contribution is 2.31. The first kappa shape index (κ1) is 24.1. The van der Waals surface area contributed by atoms with Gasteiger partial charge in [-0.3, -0.25) is 14.2 Å². The molecule has 1 aliphatic rings. The maximum absolute atomic E-state index is 13.6. The van der Waals surface area contributed by atoms with E-state index in [9.17, 15) is 9.59 Å². The quantitative estimate of drug-likeness (QED) is 0.243. The Morgan fingerprint density at radius 2 is 1.81 bits per heavy atom. The van der Waals surface area contributed by atoms with Crippen molar-refractivity contribution in [3.05, 3.63) is 93.8 Å². The first-order valence-corrected chi connectivity index (χ1v) is 13.1. The van der Waals surface area contributed by atoms with Crippen LogP contribution in [0, 0.1) is 13.8 Å². The molecule has 0 atom stereocenters. The molecule has 0 aliphatic heterocycles. The maximum atomic E-state index is 13.6. The minimum atomic E-state index is -0.124. The third-order valence-electron chi connectivity index (χ3n) is 6.71. The number of methoxy groups -OCH3 is 1. The van der Waals surface area contributed by atoms with Crippen LogP contribution in [0.1, 0.15) is 29.5 Å². The Bertz CT molecular complexity index is 1480. The van der Waals surface area contributed by atoms with Gasteiger partial charge in [-0.25, -0.2) is 4.98 Å². The number of aryl methyl sites for hydroxylation is 1. The second kappa shape index (κ2) is 10.2. The summed E-state index contributed by atoms with van der Waals surface area (Å²) in [4.78, 5) is 33.8. The van der Waals surface area contributed by atoms with Gasteiger partial charge in [0, 0.05) is 12.6 Å². The van der Waals surface area contributed by atoms with E-state index >= 15 is 0 Å². The predicted octanol–water partition coefficient (Wildman–Crippen LogP) is 5.29. The number of aromatic nitrogens is 2. The number of fused-ring (bicyclic) bond motifs is 1. The van der Waals surface area contributed by atoms with Gasteiger partial charge in [0.25, 0.3) is 5.56 Å². The first-order chi connectivity index (χ1) is 17.5. The molecule has 5 rings (SSSR count). The number of thioether (sulfide) groups is 1. The molecule has 36 heavy (non-hydrogen) atoms. The van der Waals surface area contributed by atoms with Gasteiger partial charge >= 0.3 is 0 Å². The molecule has 4 aromatic rings. The average molecular weight is 500 g/mol. The van der Waals surface area contributed by atoms with E-state index in [4.69, 9.17) is 9.72 Å². The standard InChI is InChI=1S/C29H29N3O3S/c1-19-7-6-10-26(20(19)2)32-28(34)24-8-4-5-9-25(24)30-29(32)36-18-27(33)31(22-13-14-22)17-21-11-15-23(35-3)16-12-21/h4-12,15-16,22H,13-14,17-18H2,1-3H3. The number of nitrogens with zero attached hydrogens (tertiary/aromatic N) is 3. The van der Waals surface area contributed by atoms with E-state index in [-0.39, 0.29) is 23.3 Å². The van der Waals surface area contributed by atoms with E-state index in [1.807, 2.05) is 79.4 Å². The summed E-state index contributed by atoms with van der Waals surface area (Å²) in [6.07, 6.45) is 2.04. The monoisotopic (exact) mass is 499 g/mol. The van der Waals surface area contributed by atoms with Gasteiger partial charge < -0.3 is 9.64 Å². The van der Waals surface area contributed by atoms with Gasteiger partial charge in [0.15, 0.2) is 5.16 Å². The van der Waals surface area contributed by atoms with Gasteiger partial charge in [-0.1, -0.05) is 48.2 Å². The highest BCUT2D eigenvalue weighted by molar-refractivity contribution is 7.99. The van der Waals surface area contributed by atoms with E-state index in [1.165, 1.54) is 11.8 Å². The fourth-order valence-electron chi connectivity index (χ4n) is 4.34. The number of rotatable bonds is 8. The Balaban J connectivity index is 1.45. The van der Waals surface area contributed by atoms with Crippen molar-refractivity contribution in [2.24, 2.45) is 0 Å². The molecule has 1 fully saturated rings. The maximum Gasteiger partial charge on any atom is 0.266 e. The molecular weight excluding hydrogens is 470 g/mol. The number of carbonyl (C=O) groups excluding carboxylic acids is 1. The molecule has 1 heterocycles. The molecular formula is C29H29N3O3S. The van der Waals surface area contributed by atoms with Crippen LogP contribution in [-0.4, -0.2) is 39.3 Å². The zero-order valence-electron chi connectivity index (χ0n) is 20.7. The molecule has 0 saturated heterocycles. The van der Waals surface area contributed by atoms with E-state index < -0.39 is 0 Å². The lowest BCUT2D eigenvalue weighted by atomic mass is 10.1. The van der Waals surface area contributed by atoms with E-state index in [0.717, 1.165) is 41.0 Å². The highest BCUT2D eigenvalue weighted by Gasteiger charge is 2.32. The van der Waals surface area contributed by atoms with Crippen molar-refractivity contribution in [3.8, 4) is 11.4 Å². The second-order valence-corrected chi connectivity index (χ2v) is 10.1. The van der Waals surface area contributed by atoms with Crippen LogP contribution in [0.25, 0.3) is 16.6 Å². The molecule has 6 nitrogen and oxygen atoms in total. The Labute approximate surface area is 214 Å². The predicted molar refractivity (Wildman–Crippen MR) is 144 cm³/mol. The van der Waals surface area contributed by atoms with Crippen LogP contribution in [0.5, 0.6) is 5.75 Å². The van der Waals surface area contributed by atoms with E-state index in [2.05, 4.69) is 0 Å². The number of hydrogen-bond donors (Lipinski definition) is 0. The lowest BCUT2D eigenvalue weighted by Crippen LogP contribution is -2.34. The number of ether oxygens (including phenoxy) is 1. The first-order valence-electron chi connectivity index (χ1n) is 12.1. The van der Waals surface area contributed by atoms with Crippen LogP contribution in [0.2, 0.25) is 0 Å². The number of hydrogen-bond acceptors (Lipinski definition) is 5. The summed E-state index contributed by atoms with van der Waals surface area (Å²) >= 11 is 1.32. The van der Waals surface area contributed by atoms with E-state index in [0.29, 0.717) is 22.6 Å². The van der Waals surface area contributed by atoms with Crippen molar-refractivity contribution in [2.75, 3.05) is 12.9 Å². The summed E-state index contributed by atoms with van der Waals surface area (Å²) in [6.45, 7) is 4.60. The Kier molecular flexibility index (Phi) is 6.83. The minimum absolute atomic E-state index is 0.0493. The van der Waals surface area contributed by atoms with Crippen molar-refractivity contribution < 1.29 is 9.53 Å². The fourth-order valence-corrected chi connectivity index (χ4v) is 5.24. The number of para-hydroxylation sites is 1. The van der Waals surface area contributed by atoms with E-state index in [1.54, 1.807) is 17.7 Å². The molecule has 3 aromatic carbocycles. The molecule has 0 bridgehead atoms. The molecule has 0 unspecified atom stereocenters. The fraction of sp³-hybridized carbons (Fsp3) is 0.276. The number of carbonyl (C=O) groups is 1. The van der Waals surface area contributed by atoms with Crippen molar-refractivity contribution in [3.63, 3.8) is 0 Å². The lowest BCUT2D eigenvalue weighted by molar-refractivity contribution is -0.129. The molecule has 0 radical (unpaired) electrons. The normalized spacial score (nSPS) is 13.1. The van der Waals surface area contributed by atoms with Crippen molar-refractivity contribution in [2.45, 2.75) is 44.4 Å². The number of benzene rings is 3. The Morgan fingerprint density at radius 1 is 1.06 bits per heavy atom. The van der Waals surface area contributed by atoms with Gasteiger partial charge in [-0.2, -0.15) is 0 Å². The summed E-state index contributed by atoms with van der Waals surface area (Å²) in [5.41, 5.74) is 4.49. The largest absolute Gasteiger partial charge is 0.497 e. The molecule has 7 heteroatoms. The highest BCUT2D eigenvalue weighted by atomic mass is 32.2. The molecule has 1 aromatic heterocycles. The third kappa shape index (κ3) is 4.88. The van der Waals surface area contributed by atoms with Gasteiger partial charge in [-0.15, -0.1) is 0 Å². The van der Waals surface area contributed by atoms with Crippen molar-refractivity contribution >= 4 is 28.6 Å². The summed E-state index contributed by atoms with van der Waals surface area (Å²) in [5, 5.41) is 1.09. The van der Waals surface area contributed by atoms with Crippen LogP contribution >= 0.6 is 11.8 Å². The molecule has 0 N–H and O–H groups in total. The van der Waals surface area contributed by atoms with Crippen molar-refractivity contribution in [1.82, 2.24) is 14.5 Å². The van der Waals surface area contributed by atoms with Crippen LogP contribution < -0.4 is 10.3 Å². The smallest absolute Gasteiger partial charge is 0.266 e. The summed E-state index contributed by atoms with van der Waals surface area (Å²) < 4.78 is 6.91. The lowest BCUT2D eigenvalue weighted by Gasteiger charge is -2.23. The molecule has 1 aliphatic carbocycles. The molecule has 184 valence electrons. The Morgan fingerprint density at radius 3 is 2.53 bits per heavy atom. The number of amides is 1. The zero-order chi connectivity index (χ0) is 25.2. The van der Waals surface area contributed by atoms with Crippen LogP contribution in [-0.2, 0) is 11.3 Å². The summed E-state index contributed by atoms with van der Waals surface area (Å²) in [5.74, 6) is 1.06. The van der Waals surface area contributed by atoms with Gasteiger partial charge in [0.05, 0.1) is 29.5 Å². The van der Waals surface area contributed by atoms with Crippen molar-refractivity contribution in [1.29, 1.82) is 0 Å². The Hall–Kier alpha value is -3.58. The molecule has 1 saturated carbocycles. The minimum Gasteiger partial charge on any atom is -0.497 e. The summed E-state index contributed by atoms with van der Waals surface area (Å²) in [6, 6.07) is 21.4. The molecule has 0 spiro atoms. The van der Waals surface area contributed by atoms with Crippen LogP contribution in [0.15, 0.2) is 76.7 Å². The zero-order valence-corrected chi connectivity index (χ0v) is 21.5. The van der Waals surface area contributed by atoms with Crippen LogP contribution in [0.4, 0.5) is 0 Å². The summed E-state index contributed by atoms with van der Waals surface area (Å²) in [7, 11) is 1.64. The SMILES string of the molecule is COc1ccc(CN(C(=O)CSc2nc3ccccc3c(=O)n2-c2cccc(C)c2C)C2CC2)cc1. The second-order valence-electron chi connectivity index (χ2n) is 9.16. The molecule has 1 amide bonds. The third-order valence-corrected chi connectivity index (χ3v) is 7.63. The average Bonchev–Trinajstić information content (AvgIpc) is 3.74. The van der Waals surface area contributed by atoms with Crippen LogP contribution in [0.3, 0.4) is 0 Å². The van der Waals surface area contributed by atoms with Gasteiger partial charge in [0.1, 0.15) is 5.75 Å². The topological polar surface area (TPSA) is 64.4 Å². The van der Waals surface area contributed by atoms with Gasteiger partial charge in [-0.05, 0) is 73.7 Å². The van der Waals surface area contributed by atoms with Gasteiger partial charge in [0.2, 0.25) is 5.91 Å².